The Morgan fingerprint density at radius 2 is 1.88 bits per heavy atom. The molecule has 0 bridgehead atoms. The molecule has 25 heavy (non-hydrogen) atoms. The van der Waals surface area contributed by atoms with Crippen LogP contribution in [-0.2, 0) is 6.42 Å². The Balaban J connectivity index is 1.46. The maximum absolute atomic E-state index is 13.1. The number of hydrazine groups is 1. The Kier molecular flexibility index (Phi) is 4.94. The fraction of sp³-hybridized carbons (Fsp3) is 0.111. The van der Waals surface area contributed by atoms with E-state index in [-0.39, 0.29) is 5.82 Å². The normalized spacial score (nSPS) is 10.4. The number of aromatic nitrogens is 1. The number of H-pyrrole nitrogens is 1. The van der Waals surface area contributed by atoms with Gasteiger partial charge >= 0.3 is 6.03 Å². The summed E-state index contributed by atoms with van der Waals surface area (Å²) in [5, 5.41) is 3.36. The van der Waals surface area contributed by atoms with Gasteiger partial charge in [0.15, 0.2) is 0 Å². The van der Waals surface area contributed by atoms with Gasteiger partial charge in [-0.1, -0.05) is 30.3 Å². The van der Waals surface area contributed by atoms with E-state index in [0.717, 1.165) is 16.5 Å². The maximum Gasteiger partial charge on any atom is 0.333 e. The van der Waals surface area contributed by atoms with Crippen molar-refractivity contribution >= 4 is 22.8 Å². The standard InChI is InChI=1S/C18H17FN4O2/c19-13-5-3-4-12(10-13)8-9-20-18(25)23-22-17(24)15-11-21-16-7-2-1-6-14(15)16/h1-7,10-11,21H,8-9H2,(H,22,24)(H2,20,23,25). The molecule has 1 aromatic heterocycles. The zero-order chi connectivity index (χ0) is 17.6. The van der Waals surface area contributed by atoms with Crippen molar-refractivity contribution in [3.8, 4) is 0 Å². The fourth-order valence-electron chi connectivity index (χ4n) is 2.50. The van der Waals surface area contributed by atoms with Crippen molar-refractivity contribution in [2.75, 3.05) is 6.54 Å². The lowest BCUT2D eigenvalue weighted by Crippen LogP contribution is -2.47. The summed E-state index contributed by atoms with van der Waals surface area (Å²) < 4.78 is 13.1. The van der Waals surface area contributed by atoms with Gasteiger partial charge in [0.25, 0.3) is 5.91 Å². The van der Waals surface area contributed by atoms with E-state index in [1.807, 2.05) is 24.3 Å². The number of aromatic amines is 1. The molecule has 0 aliphatic rings. The largest absolute Gasteiger partial charge is 0.360 e. The van der Waals surface area contributed by atoms with Gasteiger partial charge in [0.1, 0.15) is 5.82 Å². The van der Waals surface area contributed by atoms with Crippen LogP contribution in [0, 0.1) is 5.82 Å². The lowest BCUT2D eigenvalue weighted by atomic mass is 10.1. The number of nitrogens with one attached hydrogen (secondary N) is 4. The first-order chi connectivity index (χ1) is 12.1. The molecule has 7 heteroatoms. The van der Waals surface area contributed by atoms with E-state index in [1.54, 1.807) is 18.3 Å². The summed E-state index contributed by atoms with van der Waals surface area (Å²) in [5.74, 6) is -0.731. The summed E-state index contributed by atoms with van der Waals surface area (Å²) in [7, 11) is 0. The summed E-state index contributed by atoms with van der Waals surface area (Å²) in [5.41, 5.74) is 6.71. The number of hydrogen-bond acceptors (Lipinski definition) is 2. The van der Waals surface area contributed by atoms with Gasteiger partial charge in [0.2, 0.25) is 0 Å². The van der Waals surface area contributed by atoms with Gasteiger partial charge in [0.05, 0.1) is 5.56 Å². The third-order valence-electron chi connectivity index (χ3n) is 3.71. The number of rotatable bonds is 4. The molecule has 0 saturated carbocycles. The molecular weight excluding hydrogens is 323 g/mol. The highest BCUT2D eigenvalue weighted by Gasteiger charge is 2.12. The fourth-order valence-corrected chi connectivity index (χ4v) is 2.50. The molecule has 0 unspecified atom stereocenters. The summed E-state index contributed by atoms with van der Waals surface area (Å²) in [6.45, 7) is 0.318. The van der Waals surface area contributed by atoms with E-state index >= 15 is 0 Å². The quantitative estimate of drug-likeness (QED) is 0.550. The zero-order valence-corrected chi connectivity index (χ0v) is 13.3. The van der Waals surface area contributed by atoms with Crippen LogP contribution in [0.15, 0.2) is 54.7 Å². The summed E-state index contributed by atoms with van der Waals surface area (Å²) in [4.78, 5) is 26.9. The maximum atomic E-state index is 13.1. The Hall–Kier alpha value is -3.35. The van der Waals surface area contributed by atoms with Crippen molar-refractivity contribution in [2.24, 2.45) is 0 Å². The molecule has 3 rings (SSSR count). The number of benzene rings is 2. The van der Waals surface area contributed by atoms with Crippen LogP contribution in [0.25, 0.3) is 10.9 Å². The number of halogens is 1. The van der Waals surface area contributed by atoms with Crippen LogP contribution in [0.2, 0.25) is 0 Å². The zero-order valence-electron chi connectivity index (χ0n) is 13.3. The molecular formula is C18H17FN4O2. The molecule has 2 aromatic carbocycles. The smallest absolute Gasteiger partial charge is 0.333 e. The first kappa shape index (κ1) is 16.5. The van der Waals surface area contributed by atoms with E-state index in [0.29, 0.717) is 18.5 Å². The lowest BCUT2D eigenvalue weighted by Gasteiger charge is -2.09. The summed E-state index contributed by atoms with van der Waals surface area (Å²) in [6.07, 6.45) is 2.07. The molecule has 1 heterocycles. The van der Waals surface area contributed by atoms with Crippen LogP contribution in [-0.4, -0.2) is 23.5 Å². The minimum Gasteiger partial charge on any atom is -0.360 e. The average molecular weight is 340 g/mol. The highest BCUT2D eigenvalue weighted by molar-refractivity contribution is 6.06. The van der Waals surface area contributed by atoms with E-state index in [2.05, 4.69) is 21.2 Å². The minimum absolute atomic E-state index is 0.312. The molecule has 0 spiro atoms. The second-order valence-electron chi connectivity index (χ2n) is 5.46. The third kappa shape index (κ3) is 4.14. The van der Waals surface area contributed by atoms with Crippen LogP contribution in [0.1, 0.15) is 15.9 Å². The average Bonchev–Trinajstić information content (AvgIpc) is 3.04. The topological polar surface area (TPSA) is 86.0 Å². The van der Waals surface area contributed by atoms with Crippen molar-refractivity contribution < 1.29 is 14.0 Å². The second kappa shape index (κ2) is 7.48. The molecule has 0 aliphatic carbocycles. The highest BCUT2D eigenvalue weighted by atomic mass is 19.1. The molecule has 3 aromatic rings. The number of amides is 3. The molecule has 0 radical (unpaired) electrons. The molecule has 0 aliphatic heterocycles. The van der Waals surface area contributed by atoms with E-state index in [4.69, 9.17) is 0 Å². The number of carbonyl (C=O) groups is 2. The number of para-hydroxylation sites is 1. The van der Waals surface area contributed by atoms with Crippen LogP contribution >= 0.6 is 0 Å². The van der Waals surface area contributed by atoms with Crippen molar-refractivity contribution in [3.05, 3.63) is 71.7 Å². The van der Waals surface area contributed by atoms with Crippen molar-refractivity contribution in [1.29, 1.82) is 0 Å². The van der Waals surface area contributed by atoms with Gasteiger partial charge in [-0.25, -0.2) is 14.6 Å². The Morgan fingerprint density at radius 3 is 2.72 bits per heavy atom. The van der Waals surface area contributed by atoms with Gasteiger partial charge in [-0.3, -0.25) is 10.2 Å². The molecule has 3 amide bonds. The van der Waals surface area contributed by atoms with Crippen molar-refractivity contribution in [2.45, 2.75) is 6.42 Å². The van der Waals surface area contributed by atoms with Gasteiger partial charge in [0, 0.05) is 23.6 Å². The Labute approximate surface area is 143 Å². The van der Waals surface area contributed by atoms with E-state index in [1.165, 1.54) is 12.1 Å². The van der Waals surface area contributed by atoms with Crippen LogP contribution in [0.3, 0.4) is 0 Å². The molecule has 128 valence electrons. The van der Waals surface area contributed by atoms with E-state index in [9.17, 15) is 14.0 Å². The van der Waals surface area contributed by atoms with Crippen molar-refractivity contribution in [1.82, 2.24) is 21.2 Å². The van der Waals surface area contributed by atoms with Crippen molar-refractivity contribution in [3.63, 3.8) is 0 Å². The first-order valence-corrected chi connectivity index (χ1v) is 7.78. The van der Waals surface area contributed by atoms with Gasteiger partial charge in [-0.05, 0) is 30.2 Å². The third-order valence-corrected chi connectivity index (χ3v) is 3.71. The Bertz CT molecular complexity index is 907. The highest BCUT2D eigenvalue weighted by Crippen LogP contribution is 2.17. The number of fused-ring (bicyclic) bond motifs is 1. The molecule has 4 N–H and O–H groups in total. The first-order valence-electron chi connectivity index (χ1n) is 7.78. The Morgan fingerprint density at radius 1 is 1.04 bits per heavy atom. The van der Waals surface area contributed by atoms with Crippen LogP contribution in [0.5, 0.6) is 0 Å². The summed E-state index contributed by atoms with van der Waals surface area (Å²) >= 11 is 0. The predicted octanol–water partition coefficient (Wildman–Crippen LogP) is 2.49. The number of carbonyl (C=O) groups excluding carboxylic acids is 2. The SMILES string of the molecule is O=C(NCCc1cccc(F)c1)NNC(=O)c1c[nH]c2ccccc12. The second-order valence-corrected chi connectivity index (χ2v) is 5.46. The molecule has 0 atom stereocenters. The molecule has 0 saturated heterocycles. The number of urea groups is 1. The van der Waals surface area contributed by atoms with Gasteiger partial charge in [-0.2, -0.15) is 0 Å². The van der Waals surface area contributed by atoms with Crippen LogP contribution < -0.4 is 16.2 Å². The number of hydrogen-bond donors (Lipinski definition) is 4. The van der Waals surface area contributed by atoms with Gasteiger partial charge < -0.3 is 10.3 Å². The predicted molar refractivity (Wildman–Crippen MR) is 92.4 cm³/mol. The van der Waals surface area contributed by atoms with Gasteiger partial charge in [-0.15, -0.1) is 0 Å². The molecule has 6 nitrogen and oxygen atoms in total. The monoisotopic (exact) mass is 340 g/mol. The lowest BCUT2D eigenvalue weighted by molar-refractivity contribution is 0.0938. The summed E-state index contributed by atoms with van der Waals surface area (Å²) in [6, 6.07) is 13.0. The van der Waals surface area contributed by atoms with Crippen LogP contribution in [0.4, 0.5) is 9.18 Å². The van der Waals surface area contributed by atoms with E-state index < -0.39 is 11.9 Å². The molecule has 0 fully saturated rings. The minimum atomic E-state index is -0.537.